The molecule has 0 unspecified atom stereocenters. The lowest BCUT2D eigenvalue weighted by Gasteiger charge is -2.39. The number of aliphatic carboxylic acids is 1. The molecule has 278 valence electrons. The number of nitrogens with one attached hydrogen (secondary N) is 2. The molecule has 0 saturated heterocycles. The molecule has 1 aromatic heterocycles. The Kier molecular flexibility index (Phi) is 12.0. The Morgan fingerprint density at radius 1 is 0.815 bits per heavy atom. The first-order valence-corrected chi connectivity index (χ1v) is 19.5. The number of hydrogen-bond donors (Lipinski definition) is 3. The number of thioether (sulfide) groups is 1. The molecule has 2 heterocycles. The molecule has 0 spiro atoms. The summed E-state index contributed by atoms with van der Waals surface area (Å²) in [5.41, 5.74) is 3.94. The van der Waals surface area contributed by atoms with Crippen LogP contribution >= 0.6 is 11.8 Å². The summed E-state index contributed by atoms with van der Waals surface area (Å²) in [6.07, 6.45) is 5.68. The minimum Gasteiger partial charge on any atom is -0.480 e. The highest BCUT2D eigenvalue weighted by Crippen LogP contribution is 2.40. The molecule has 3 atom stereocenters. The van der Waals surface area contributed by atoms with Crippen molar-refractivity contribution in [3.8, 4) is 0 Å². The highest BCUT2D eigenvalue weighted by atomic mass is 32.2. The zero-order valence-electron chi connectivity index (χ0n) is 30.6. The van der Waals surface area contributed by atoms with Gasteiger partial charge in [-0.3, -0.25) is 14.4 Å². The van der Waals surface area contributed by atoms with Crippen molar-refractivity contribution in [1.82, 2.24) is 25.1 Å². The number of carbonyl (C=O) groups is 4. The fourth-order valence-electron chi connectivity index (χ4n) is 7.27. The molecule has 0 fully saturated rings. The Morgan fingerprint density at radius 2 is 1.35 bits per heavy atom. The van der Waals surface area contributed by atoms with Crippen LogP contribution in [0.3, 0.4) is 0 Å². The average molecular weight is 744 g/mol. The largest absolute Gasteiger partial charge is 0.480 e. The predicted octanol–water partition coefficient (Wildman–Crippen LogP) is 5.75. The van der Waals surface area contributed by atoms with E-state index in [1.165, 1.54) is 16.7 Å². The van der Waals surface area contributed by atoms with Crippen molar-refractivity contribution in [2.75, 3.05) is 12.0 Å². The molecule has 54 heavy (non-hydrogen) atoms. The van der Waals surface area contributed by atoms with Crippen LogP contribution in [0, 0.1) is 5.92 Å². The number of aromatic nitrogens is 2. The number of benzene rings is 4. The van der Waals surface area contributed by atoms with E-state index in [-0.39, 0.29) is 31.0 Å². The van der Waals surface area contributed by atoms with Gasteiger partial charge in [0, 0.05) is 19.2 Å². The zero-order chi connectivity index (χ0) is 38.2. The zero-order valence-corrected chi connectivity index (χ0v) is 31.4. The molecule has 0 radical (unpaired) electrons. The van der Waals surface area contributed by atoms with E-state index in [0.717, 1.165) is 27.8 Å². The van der Waals surface area contributed by atoms with Crippen LogP contribution in [0.25, 0.3) is 0 Å². The van der Waals surface area contributed by atoms with Gasteiger partial charge >= 0.3 is 5.97 Å². The monoisotopic (exact) mass is 743 g/mol. The van der Waals surface area contributed by atoms with Crippen LogP contribution in [-0.4, -0.2) is 73.4 Å². The molecule has 5 aromatic rings. The second kappa shape index (κ2) is 17.0. The minimum absolute atomic E-state index is 0.122. The second-order valence-electron chi connectivity index (χ2n) is 13.8. The van der Waals surface area contributed by atoms with E-state index in [1.54, 1.807) is 12.5 Å². The number of imidazole rings is 1. The molecule has 0 saturated carbocycles. The number of amides is 3. The van der Waals surface area contributed by atoms with E-state index in [1.807, 2.05) is 104 Å². The molecule has 1 aliphatic heterocycles. The Bertz CT molecular complexity index is 1980. The summed E-state index contributed by atoms with van der Waals surface area (Å²) in [4.78, 5) is 60.6. The van der Waals surface area contributed by atoms with Gasteiger partial charge in [0.15, 0.2) is 0 Å². The number of carboxylic acids is 1. The lowest BCUT2D eigenvalue weighted by molar-refractivity contribution is -0.146. The van der Waals surface area contributed by atoms with Crippen molar-refractivity contribution in [2.24, 2.45) is 5.92 Å². The summed E-state index contributed by atoms with van der Waals surface area (Å²) in [5.74, 6) is -2.45. The van der Waals surface area contributed by atoms with Gasteiger partial charge in [-0.25, -0.2) is 9.78 Å². The summed E-state index contributed by atoms with van der Waals surface area (Å²) >= 11 is 1.49. The first kappa shape index (κ1) is 38.1. The van der Waals surface area contributed by atoms with Gasteiger partial charge in [-0.2, -0.15) is 11.8 Å². The number of nitrogens with zero attached hydrogens (tertiary/aromatic N) is 3. The quantitative estimate of drug-likeness (QED) is 0.123. The van der Waals surface area contributed by atoms with Gasteiger partial charge in [-0.05, 0) is 52.2 Å². The molecule has 0 bridgehead atoms. The number of rotatable bonds is 14. The molecule has 1 aliphatic rings. The van der Waals surface area contributed by atoms with E-state index >= 15 is 0 Å². The maximum atomic E-state index is 14.5. The van der Waals surface area contributed by atoms with Crippen LogP contribution in [0.1, 0.15) is 58.6 Å². The fourth-order valence-corrected chi connectivity index (χ4v) is 7.74. The average Bonchev–Trinajstić information content (AvgIpc) is 3.70. The fraction of sp³-hybridized carbons (Fsp3) is 0.279. The summed E-state index contributed by atoms with van der Waals surface area (Å²) in [5, 5.41) is 15.5. The Balaban J connectivity index is 1.32. The number of fused-ring (bicyclic) bond motifs is 1. The Morgan fingerprint density at radius 3 is 1.87 bits per heavy atom. The predicted molar refractivity (Wildman–Crippen MR) is 210 cm³/mol. The van der Waals surface area contributed by atoms with Crippen LogP contribution in [0.5, 0.6) is 0 Å². The Labute approximate surface area is 320 Å². The van der Waals surface area contributed by atoms with Gasteiger partial charge in [0.1, 0.15) is 29.4 Å². The summed E-state index contributed by atoms with van der Waals surface area (Å²) in [6, 6.07) is 34.6. The molecular formula is C43H45N5O5S. The highest BCUT2D eigenvalue weighted by Gasteiger charge is 2.41. The third-order valence-electron chi connectivity index (χ3n) is 10.1. The van der Waals surface area contributed by atoms with E-state index < -0.39 is 47.4 Å². The van der Waals surface area contributed by atoms with Gasteiger partial charge in [0.2, 0.25) is 11.8 Å². The standard InChI is InChI=1S/C43H45N5O5S/c1-29(2)38(41(51)48-26-31-16-14-13-15-30(31)25-37(48)40(50)45-35(42(52)53)23-24-54-3)46-39(49)36-27-47(28-44-36)43(32-17-7-4-8-18-32,33-19-9-5-10-20-33)34-21-11-6-12-22-34/h4-22,27-29,35,37-38H,23-26H2,1-3H3,(H,45,50)(H,46,49)(H,52,53)/t35-,37-,38-/m0/s1. The normalized spacial score (nSPS) is 15.2. The summed E-state index contributed by atoms with van der Waals surface area (Å²) in [7, 11) is 0. The third-order valence-corrected chi connectivity index (χ3v) is 10.7. The first-order chi connectivity index (χ1) is 26.1. The van der Waals surface area contributed by atoms with E-state index in [9.17, 15) is 24.3 Å². The van der Waals surface area contributed by atoms with Crippen molar-refractivity contribution in [3.05, 3.63) is 161 Å². The van der Waals surface area contributed by atoms with Crippen molar-refractivity contribution in [1.29, 1.82) is 0 Å². The van der Waals surface area contributed by atoms with Crippen molar-refractivity contribution >= 4 is 35.5 Å². The maximum Gasteiger partial charge on any atom is 0.326 e. The minimum atomic E-state index is -1.13. The SMILES string of the molecule is CSCC[C@H](NC(=O)[C@@H]1Cc2ccccc2CN1C(=O)[C@@H](NC(=O)c1cn(C(c2ccccc2)(c2ccccc2)c2ccccc2)cn1)C(C)C)C(=O)O. The summed E-state index contributed by atoms with van der Waals surface area (Å²) in [6.45, 7) is 3.81. The molecule has 4 aromatic carbocycles. The van der Waals surface area contributed by atoms with Gasteiger partial charge in [0.05, 0.1) is 6.33 Å². The van der Waals surface area contributed by atoms with Crippen molar-refractivity contribution in [2.45, 2.75) is 56.9 Å². The number of carboxylic acid groups (broad SMARTS) is 1. The highest BCUT2D eigenvalue weighted by molar-refractivity contribution is 7.98. The van der Waals surface area contributed by atoms with Crippen molar-refractivity contribution in [3.63, 3.8) is 0 Å². The lowest BCUT2D eigenvalue weighted by Crippen LogP contribution is -2.60. The molecule has 0 aliphatic carbocycles. The van der Waals surface area contributed by atoms with Gasteiger partial charge in [-0.1, -0.05) is 129 Å². The molecule has 3 N–H and O–H groups in total. The lowest BCUT2D eigenvalue weighted by atomic mass is 9.77. The van der Waals surface area contributed by atoms with Crippen molar-refractivity contribution < 1.29 is 24.3 Å². The van der Waals surface area contributed by atoms with E-state index in [0.29, 0.717) is 5.75 Å². The number of carbonyl (C=O) groups excluding carboxylic acids is 3. The van der Waals surface area contributed by atoms with Crippen LogP contribution in [0.2, 0.25) is 0 Å². The Hall–Kier alpha value is -5.68. The number of hydrogen-bond acceptors (Lipinski definition) is 6. The third kappa shape index (κ3) is 7.82. The van der Waals surface area contributed by atoms with Gasteiger partial charge in [0.25, 0.3) is 5.91 Å². The van der Waals surface area contributed by atoms with Crippen LogP contribution in [0.4, 0.5) is 0 Å². The second-order valence-corrected chi connectivity index (χ2v) is 14.8. The molecule has 3 amide bonds. The molecule has 10 nitrogen and oxygen atoms in total. The van der Waals surface area contributed by atoms with Gasteiger partial charge < -0.3 is 25.2 Å². The topological polar surface area (TPSA) is 134 Å². The van der Waals surface area contributed by atoms with Crippen LogP contribution in [0.15, 0.2) is 128 Å². The molecular weight excluding hydrogens is 699 g/mol. The maximum absolute atomic E-state index is 14.5. The smallest absolute Gasteiger partial charge is 0.326 e. The van der Waals surface area contributed by atoms with Gasteiger partial charge in [-0.15, -0.1) is 0 Å². The summed E-state index contributed by atoms with van der Waals surface area (Å²) < 4.78 is 1.94. The first-order valence-electron chi connectivity index (χ1n) is 18.1. The van der Waals surface area contributed by atoms with Crippen LogP contribution < -0.4 is 10.6 Å². The van der Waals surface area contributed by atoms with E-state index in [2.05, 4.69) is 52.0 Å². The molecule has 6 rings (SSSR count). The molecule has 11 heteroatoms. The van der Waals surface area contributed by atoms with Crippen LogP contribution in [-0.2, 0) is 32.9 Å². The van der Waals surface area contributed by atoms with E-state index in [4.69, 9.17) is 0 Å².